The van der Waals surface area contributed by atoms with Crippen LogP contribution in [0.5, 0.6) is 0 Å². The highest BCUT2D eigenvalue weighted by Gasteiger charge is 2.30. The molecule has 0 aliphatic carbocycles. The Hall–Kier alpha value is -1.42. The molecule has 1 amide bonds. The lowest BCUT2D eigenvalue weighted by Gasteiger charge is -2.41. The van der Waals surface area contributed by atoms with Crippen molar-refractivity contribution in [3.63, 3.8) is 0 Å². The van der Waals surface area contributed by atoms with Gasteiger partial charge in [0.2, 0.25) is 0 Å². The normalized spacial score (nSPS) is 21.4. The molecule has 0 spiro atoms. The van der Waals surface area contributed by atoms with Gasteiger partial charge in [-0.25, -0.2) is 4.98 Å². The van der Waals surface area contributed by atoms with E-state index in [2.05, 4.69) is 30.7 Å². The van der Waals surface area contributed by atoms with E-state index < -0.39 is 0 Å². The van der Waals surface area contributed by atoms with Gasteiger partial charge in [-0.3, -0.25) is 9.69 Å². The number of aromatic nitrogens is 1. The van der Waals surface area contributed by atoms with E-state index in [1.54, 1.807) is 0 Å². The van der Waals surface area contributed by atoms with Crippen molar-refractivity contribution in [1.82, 2.24) is 14.8 Å². The quantitative estimate of drug-likeness (QED) is 0.841. The molecule has 2 saturated heterocycles. The van der Waals surface area contributed by atoms with Crippen LogP contribution >= 0.6 is 0 Å². The van der Waals surface area contributed by atoms with Gasteiger partial charge in [-0.2, -0.15) is 0 Å². The number of likely N-dealkylation sites (tertiary alicyclic amines) is 2. The Morgan fingerprint density at radius 3 is 2.58 bits per heavy atom. The third-order valence-electron chi connectivity index (χ3n) is 5.15. The SMILES string of the molecule is CC.CC(C)C1CN(Cc2cccc(C(=O)N3CCCC3C)n2)C1. The molecule has 4 heteroatoms. The zero-order valence-corrected chi connectivity index (χ0v) is 16.0. The largest absolute Gasteiger partial charge is 0.335 e. The minimum absolute atomic E-state index is 0.0931. The molecule has 4 nitrogen and oxygen atoms in total. The highest BCUT2D eigenvalue weighted by Crippen LogP contribution is 2.25. The van der Waals surface area contributed by atoms with Crippen LogP contribution in [-0.4, -0.2) is 46.4 Å². The van der Waals surface area contributed by atoms with Crippen molar-refractivity contribution >= 4 is 5.91 Å². The summed E-state index contributed by atoms with van der Waals surface area (Å²) in [6.07, 6.45) is 2.22. The highest BCUT2D eigenvalue weighted by molar-refractivity contribution is 5.92. The minimum atomic E-state index is 0.0931. The third kappa shape index (κ3) is 4.35. The summed E-state index contributed by atoms with van der Waals surface area (Å²) in [6, 6.07) is 6.20. The molecule has 134 valence electrons. The van der Waals surface area contributed by atoms with Crippen molar-refractivity contribution in [2.24, 2.45) is 11.8 Å². The first-order valence-electron chi connectivity index (χ1n) is 9.54. The molecule has 0 N–H and O–H groups in total. The Kier molecular flexibility index (Phi) is 6.79. The summed E-state index contributed by atoms with van der Waals surface area (Å²) >= 11 is 0. The van der Waals surface area contributed by atoms with Crippen molar-refractivity contribution in [2.75, 3.05) is 19.6 Å². The topological polar surface area (TPSA) is 36.4 Å². The van der Waals surface area contributed by atoms with E-state index in [9.17, 15) is 4.79 Å². The van der Waals surface area contributed by atoms with E-state index in [0.717, 1.165) is 56.6 Å². The number of hydrogen-bond acceptors (Lipinski definition) is 3. The minimum Gasteiger partial charge on any atom is -0.335 e. The monoisotopic (exact) mass is 331 g/mol. The molecule has 1 atom stereocenters. The molecule has 0 radical (unpaired) electrons. The predicted octanol–water partition coefficient (Wildman–Crippen LogP) is 3.82. The van der Waals surface area contributed by atoms with Crippen molar-refractivity contribution in [2.45, 2.75) is 60.0 Å². The van der Waals surface area contributed by atoms with Crippen molar-refractivity contribution in [1.29, 1.82) is 0 Å². The molecule has 24 heavy (non-hydrogen) atoms. The maximum Gasteiger partial charge on any atom is 0.272 e. The second kappa shape index (κ2) is 8.61. The molecule has 1 aromatic heterocycles. The van der Waals surface area contributed by atoms with Gasteiger partial charge in [0.25, 0.3) is 5.91 Å². The van der Waals surface area contributed by atoms with Gasteiger partial charge in [0.05, 0.1) is 5.69 Å². The van der Waals surface area contributed by atoms with Gasteiger partial charge >= 0.3 is 0 Å². The molecular weight excluding hydrogens is 298 g/mol. The summed E-state index contributed by atoms with van der Waals surface area (Å²) in [4.78, 5) is 21.6. The summed E-state index contributed by atoms with van der Waals surface area (Å²) < 4.78 is 0. The lowest BCUT2D eigenvalue weighted by atomic mass is 9.88. The number of amides is 1. The van der Waals surface area contributed by atoms with Gasteiger partial charge in [-0.15, -0.1) is 0 Å². The molecule has 1 unspecified atom stereocenters. The molecule has 2 aliphatic heterocycles. The molecule has 2 aliphatic rings. The molecule has 0 bridgehead atoms. The molecule has 0 aromatic carbocycles. The van der Waals surface area contributed by atoms with Crippen LogP contribution in [0.25, 0.3) is 0 Å². The van der Waals surface area contributed by atoms with Crippen LogP contribution in [0.1, 0.15) is 63.6 Å². The van der Waals surface area contributed by atoms with Gasteiger partial charge < -0.3 is 4.90 Å². The molecule has 3 heterocycles. The number of carbonyl (C=O) groups excluding carboxylic acids is 1. The highest BCUT2D eigenvalue weighted by atomic mass is 16.2. The lowest BCUT2D eigenvalue weighted by Crippen LogP contribution is -2.48. The van der Waals surface area contributed by atoms with E-state index in [4.69, 9.17) is 0 Å². The standard InChI is InChI=1S/C18H27N3O.C2H6/c1-13(2)15-10-20(11-15)12-16-7-4-8-17(19-16)18(22)21-9-5-6-14(21)3;1-2/h4,7-8,13-15H,5-6,9-12H2,1-3H3;1-2H3. The summed E-state index contributed by atoms with van der Waals surface area (Å²) in [5.41, 5.74) is 1.62. The van der Waals surface area contributed by atoms with Crippen LogP contribution < -0.4 is 0 Å². The van der Waals surface area contributed by atoms with E-state index in [-0.39, 0.29) is 5.91 Å². The fourth-order valence-corrected chi connectivity index (χ4v) is 3.46. The van der Waals surface area contributed by atoms with Crippen LogP contribution in [0.15, 0.2) is 18.2 Å². The predicted molar refractivity (Wildman–Crippen MR) is 98.9 cm³/mol. The van der Waals surface area contributed by atoms with Crippen molar-refractivity contribution in [3.05, 3.63) is 29.6 Å². The zero-order chi connectivity index (χ0) is 17.7. The van der Waals surface area contributed by atoms with E-state index >= 15 is 0 Å². The van der Waals surface area contributed by atoms with Crippen LogP contribution in [0, 0.1) is 11.8 Å². The van der Waals surface area contributed by atoms with Gasteiger partial charge in [0.15, 0.2) is 0 Å². The van der Waals surface area contributed by atoms with Gasteiger partial charge in [0, 0.05) is 32.2 Å². The molecule has 1 aromatic rings. The Balaban J connectivity index is 0.00000100. The first-order chi connectivity index (χ1) is 11.5. The van der Waals surface area contributed by atoms with Gasteiger partial charge in [0.1, 0.15) is 5.69 Å². The van der Waals surface area contributed by atoms with Gasteiger partial charge in [-0.05, 0) is 43.7 Å². The zero-order valence-electron chi connectivity index (χ0n) is 16.0. The van der Waals surface area contributed by atoms with Crippen LogP contribution in [0.4, 0.5) is 0 Å². The van der Waals surface area contributed by atoms with Crippen LogP contribution in [0.3, 0.4) is 0 Å². The van der Waals surface area contributed by atoms with Crippen molar-refractivity contribution < 1.29 is 4.79 Å². The number of carbonyl (C=O) groups is 1. The first-order valence-corrected chi connectivity index (χ1v) is 9.54. The maximum absolute atomic E-state index is 12.6. The average Bonchev–Trinajstić information content (AvgIpc) is 2.97. The Morgan fingerprint density at radius 1 is 1.29 bits per heavy atom. The van der Waals surface area contributed by atoms with Gasteiger partial charge in [-0.1, -0.05) is 33.8 Å². The maximum atomic E-state index is 12.6. The van der Waals surface area contributed by atoms with E-state index in [1.165, 1.54) is 0 Å². The van der Waals surface area contributed by atoms with E-state index in [0.29, 0.717) is 11.7 Å². The van der Waals surface area contributed by atoms with E-state index in [1.807, 2.05) is 36.9 Å². The first kappa shape index (κ1) is 18.9. The lowest BCUT2D eigenvalue weighted by molar-refractivity contribution is 0.0600. The summed E-state index contributed by atoms with van der Waals surface area (Å²) in [7, 11) is 0. The fraction of sp³-hybridized carbons (Fsp3) is 0.700. The second-order valence-corrected chi connectivity index (χ2v) is 7.20. The van der Waals surface area contributed by atoms with Crippen LogP contribution in [0.2, 0.25) is 0 Å². The Morgan fingerprint density at radius 2 is 2.00 bits per heavy atom. The smallest absolute Gasteiger partial charge is 0.272 e. The van der Waals surface area contributed by atoms with Crippen molar-refractivity contribution in [3.8, 4) is 0 Å². The summed E-state index contributed by atoms with van der Waals surface area (Å²) in [6.45, 7) is 14.7. The number of hydrogen-bond donors (Lipinski definition) is 0. The number of nitrogens with zero attached hydrogens (tertiary/aromatic N) is 3. The second-order valence-electron chi connectivity index (χ2n) is 7.20. The molecule has 0 saturated carbocycles. The number of rotatable bonds is 4. The third-order valence-corrected chi connectivity index (χ3v) is 5.15. The molecular formula is C20H33N3O. The average molecular weight is 332 g/mol. The molecule has 2 fully saturated rings. The fourth-order valence-electron chi connectivity index (χ4n) is 3.46. The van der Waals surface area contributed by atoms with Crippen LogP contribution in [-0.2, 0) is 6.54 Å². The Labute approximate surface area is 147 Å². The Bertz CT molecular complexity index is 537. The summed E-state index contributed by atoms with van der Waals surface area (Å²) in [5.74, 6) is 1.67. The molecule has 3 rings (SSSR count). The number of pyridine rings is 1. The summed E-state index contributed by atoms with van der Waals surface area (Å²) in [5, 5.41) is 0.